The number of unbranched alkanes of at least 4 members (excludes halogenated alkanes) is 7. The van der Waals surface area contributed by atoms with Crippen LogP contribution in [0.2, 0.25) is 0 Å². The minimum atomic E-state index is -0.131. The van der Waals surface area contributed by atoms with Gasteiger partial charge in [0.05, 0.1) is 25.0 Å². The molecule has 1 fully saturated rings. The van der Waals surface area contributed by atoms with Gasteiger partial charge in [0, 0.05) is 0 Å². The molecule has 0 amide bonds. The van der Waals surface area contributed by atoms with E-state index in [1.165, 1.54) is 44.9 Å². The minimum absolute atomic E-state index is 0.109. The lowest BCUT2D eigenvalue weighted by atomic mass is 9.81. The van der Waals surface area contributed by atoms with Crippen molar-refractivity contribution >= 4 is 11.9 Å². The van der Waals surface area contributed by atoms with Crippen LogP contribution < -0.4 is 0 Å². The highest BCUT2D eigenvalue weighted by atomic mass is 16.5. The first-order valence-electron chi connectivity index (χ1n) is 13.2. The van der Waals surface area contributed by atoms with Gasteiger partial charge in [-0.2, -0.15) is 0 Å². The summed E-state index contributed by atoms with van der Waals surface area (Å²) < 4.78 is 11.0. The summed E-state index contributed by atoms with van der Waals surface area (Å²) in [5.74, 6) is 1.07. The lowest BCUT2D eigenvalue weighted by Crippen LogP contribution is -2.30. The second kappa shape index (κ2) is 17.5. The van der Waals surface area contributed by atoms with Crippen molar-refractivity contribution in [3.8, 4) is 0 Å². The first-order chi connectivity index (χ1) is 14.9. The largest absolute Gasteiger partial charge is 0.465 e. The van der Waals surface area contributed by atoms with Crippen LogP contribution in [0.25, 0.3) is 0 Å². The van der Waals surface area contributed by atoms with E-state index in [0.29, 0.717) is 19.6 Å². The zero-order chi connectivity index (χ0) is 22.9. The Balaban J connectivity index is 2.10. The summed E-state index contributed by atoms with van der Waals surface area (Å²) in [6.45, 7) is 10.1. The van der Waals surface area contributed by atoms with Crippen molar-refractivity contribution < 1.29 is 19.1 Å². The molecule has 182 valence electrons. The highest BCUT2D eigenvalue weighted by molar-refractivity contribution is 5.76. The summed E-state index contributed by atoms with van der Waals surface area (Å²) in [7, 11) is 0. The maximum absolute atomic E-state index is 12.4. The van der Waals surface area contributed by atoms with Crippen LogP contribution >= 0.6 is 0 Å². The first-order valence-corrected chi connectivity index (χ1v) is 13.2. The second-order valence-corrected chi connectivity index (χ2v) is 10.4. The molecule has 1 saturated carbocycles. The quantitative estimate of drug-likeness (QED) is 0.174. The predicted octanol–water partition coefficient (Wildman–Crippen LogP) is 7.48. The highest BCUT2D eigenvalue weighted by Gasteiger charge is 2.32. The number of carbonyl (C=O) groups is 2. The molecule has 2 atom stereocenters. The van der Waals surface area contributed by atoms with Gasteiger partial charge in [-0.05, 0) is 43.9 Å². The fourth-order valence-corrected chi connectivity index (χ4v) is 4.39. The fraction of sp³-hybridized carbons (Fsp3) is 0.926. The average Bonchev–Trinajstić information content (AvgIpc) is 2.74. The maximum atomic E-state index is 12.4. The molecule has 0 bridgehead atoms. The number of ether oxygens (including phenoxy) is 2. The Morgan fingerprint density at radius 2 is 1.03 bits per heavy atom. The van der Waals surface area contributed by atoms with Gasteiger partial charge in [-0.15, -0.1) is 0 Å². The van der Waals surface area contributed by atoms with Crippen molar-refractivity contribution in [1.82, 2.24) is 0 Å². The summed E-state index contributed by atoms with van der Waals surface area (Å²) in [6.07, 6.45) is 16.2. The summed E-state index contributed by atoms with van der Waals surface area (Å²) >= 11 is 0. The molecule has 0 aliphatic heterocycles. The van der Waals surface area contributed by atoms with Gasteiger partial charge in [-0.1, -0.05) is 91.9 Å². The van der Waals surface area contributed by atoms with E-state index in [0.717, 1.165) is 56.8 Å². The molecule has 1 aliphatic carbocycles. The molecule has 0 N–H and O–H groups in total. The number of esters is 2. The maximum Gasteiger partial charge on any atom is 0.308 e. The van der Waals surface area contributed by atoms with E-state index in [2.05, 4.69) is 27.7 Å². The third-order valence-electron chi connectivity index (χ3n) is 6.43. The van der Waals surface area contributed by atoms with E-state index in [9.17, 15) is 9.59 Å². The van der Waals surface area contributed by atoms with Gasteiger partial charge in [0.1, 0.15) is 0 Å². The van der Waals surface area contributed by atoms with Crippen LogP contribution in [0.15, 0.2) is 0 Å². The smallest absolute Gasteiger partial charge is 0.308 e. The van der Waals surface area contributed by atoms with Gasteiger partial charge in [-0.3, -0.25) is 9.59 Å². The Kier molecular flexibility index (Phi) is 15.8. The summed E-state index contributed by atoms with van der Waals surface area (Å²) in [6, 6.07) is 0. The van der Waals surface area contributed by atoms with Crippen LogP contribution in [0.4, 0.5) is 0 Å². The first kappa shape index (κ1) is 28.0. The average molecular weight is 439 g/mol. The van der Waals surface area contributed by atoms with Crippen LogP contribution in [0.3, 0.4) is 0 Å². The molecule has 0 heterocycles. The van der Waals surface area contributed by atoms with E-state index in [1.807, 2.05) is 0 Å². The molecule has 0 aromatic rings. The number of hydrogen-bond acceptors (Lipinski definition) is 4. The van der Waals surface area contributed by atoms with Gasteiger partial charge in [0.2, 0.25) is 0 Å². The lowest BCUT2D eigenvalue weighted by molar-refractivity contribution is -0.155. The Labute approximate surface area is 192 Å². The van der Waals surface area contributed by atoms with Gasteiger partial charge in [0.25, 0.3) is 0 Å². The summed E-state index contributed by atoms with van der Waals surface area (Å²) in [5, 5.41) is 0. The van der Waals surface area contributed by atoms with Crippen LogP contribution in [-0.2, 0) is 19.1 Å². The number of carbonyl (C=O) groups excluding carboxylic acids is 2. The molecule has 0 spiro atoms. The Bertz CT molecular complexity index is 472. The van der Waals surface area contributed by atoms with E-state index in [1.54, 1.807) is 0 Å². The van der Waals surface area contributed by atoms with E-state index in [4.69, 9.17) is 9.47 Å². The van der Waals surface area contributed by atoms with E-state index >= 15 is 0 Å². The van der Waals surface area contributed by atoms with Crippen molar-refractivity contribution in [3.05, 3.63) is 0 Å². The number of hydrogen-bond donors (Lipinski definition) is 0. The summed E-state index contributed by atoms with van der Waals surface area (Å²) in [4.78, 5) is 24.8. The van der Waals surface area contributed by atoms with Crippen molar-refractivity contribution in [1.29, 1.82) is 0 Å². The van der Waals surface area contributed by atoms with Gasteiger partial charge < -0.3 is 9.47 Å². The third-order valence-corrected chi connectivity index (χ3v) is 6.43. The number of rotatable bonds is 17. The topological polar surface area (TPSA) is 52.6 Å². The third kappa shape index (κ3) is 14.6. The summed E-state index contributed by atoms with van der Waals surface area (Å²) in [5.41, 5.74) is 0. The molecular weight excluding hydrogens is 388 g/mol. The van der Waals surface area contributed by atoms with Crippen molar-refractivity contribution in [2.75, 3.05) is 13.2 Å². The molecule has 0 aromatic carbocycles. The van der Waals surface area contributed by atoms with E-state index < -0.39 is 0 Å². The van der Waals surface area contributed by atoms with Crippen LogP contribution in [0.1, 0.15) is 124 Å². The molecular formula is C27H50O4. The molecule has 1 aliphatic rings. The predicted molar refractivity (Wildman–Crippen MR) is 128 cm³/mol. The molecule has 2 unspecified atom stereocenters. The fourth-order valence-electron chi connectivity index (χ4n) is 4.39. The molecule has 4 heteroatoms. The van der Waals surface area contributed by atoms with Crippen LogP contribution in [0, 0.1) is 23.7 Å². The van der Waals surface area contributed by atoms with Gasteiger partial charge >= 0.3 is 11.9 Å². The Morgan fingerprint density at radius 1 is 0.645 bits per heavy atom. The van der Waals surface area contributed by atoms with Gasteiger partial charge in [-0.25, -0.2) is 0 Å². The van der Waals surface area contributed by atoms with E-state index in [-0.39, 0.29) is 23.8 Å². The Morgan fingerprint density at radius 3 is 1.45 bits per heavy atom. The SMILES string of the molecule is CC(C)CCCCCCCOC(=O)C1CCCC(C(=O)OCCCCCCC(C)C)C1. The zero-order valence-corrected chi connectivity index (χ0v) is 21.0. The molecule has 0 saturated heterocycles. The molecule has 0 aromatic heterocycles. The van der Waals surface area contributed by atoms with Crippen molar-refractivity contribution in [3.63, 3.8) is 0 Å². The monoisotopic (exact) mass is 438 g/mol. The van der Waals surface area contributed by atoms with Crippen LogP contribution in [-0.4, -0.2) is 25.2 Å². The highest BCUT2D eigenvalue weighted by Crippen LogP contribution is 2.31. The van der Waals surface area contributed by atoms with Crippen molar-refractivity contribution in [2.24, 2.45) is 23.7 Å². The standard InChI is InChI=1S/C27H50O4/c1-22(2)15-10-6-5-8-12-19-30-26(28)24-17-14-18-25(21-24)27(29)31-20-13-9-7-11-16-23(3)4/h22-25H,5-21H2,1-4H3. The van der Waals surface area contributed by atoms with Crippen LogP contribution in [0.5, 0.6) is 0 Å². The Hall–Kier alpha value is -1.06. The normalized spacial score (nSPS) is 19.0. The van der Waals surface area contributed by atoms with Gasteiger partial charge in [0.15, 0.2) is 0 Å². The second-order valence-electron chi connectivity index (χ2n) is 10.4. The molecule has 0 radical (unpaired) electrons. The molecule has 4 nitrogen and oxygen atoms in total. The van der Waals surface area contributed by atoms with Crippen molar-refractivity contribution in [2.45, 2.75) is 124 Å². The zero-order valence-electron chi connectivity index (χ0n) is 21.0. The minimum Gasteiger partial charge on any atom is -0.465 e. The molecule has 31 heavy (non-hydrogen) atoms. The lowest BCUT2D eigenvalue weighted by Gasteiger charge is -2.26. The molecule has 1 rings (SSSR count).